The Hall–Kier alpha value is -1.88. The Morgan fingerprint density at radius 2 is 1.80 bits per heavy atom. The fraction of sp³-hybridized carbons (Fsp3) is 0.467. The third-order valence-corrected chi connectivity index (χ3v) is 2.64. The van der Waals surface area contributed by atoms with Crippen molar-refractivity contribution < 1.29 is 9.59 Å². The number of hydrogen-bond acceptors (Lipinski definition) is 3. The molecule has 0 atom stereocenters. The number of carbonyl (C=O) groups is 2. The summed E-state index contributed by atoms with van der Waals surface area (Å²) in [7, 11) is 0. The average Bonchev–Trinajstić information content (AvgIpc) is 2.41. The molecule has 0 aliphatic rings. The van der Waals surface area contributed by atoms with Crippen LogP contribution in [0.25, 0.3) is 0 Å². The molecule has 0 fully saturated rings. The van der Waals surface area contributed by atoms with Crippen molar-refractivity contribution in [1.82, 2.24) is 10.6 Å². The zero-order valence-corrected chi connectivity index (χ0v) is 12.1. The molecule has 0 heterocycles. The molecule has 0 radical (unpaired) electrons. The molecule has 0 saturated carbocycles. The van der Waals surface area contributed by atoms with Crippen LogP contribution in [0.3, 0.4) is 0 Å². The fourth-order valence-electron chi connectivity index (χ4n) is 1.56. The Morgan fingerprint density at radius 3 is 2.40 bits per heavy atom. The lowest BCUT2D eigenvalue weighted by atomic mass is 10.1. The van der Waals surface area contributed by atoms with Gasteiger partial charge in [0, 0.05) is 30.6 Å². The predicted octanol–water partition coefficient (Wildman–Crippen LogP) is 1.05. The number of nitrogens with one attached hydrogen (secondary N) is 2. The molecule has 5 nitrogen and oxygen atoms in total. The Kier molecular flexibility index (Phi) is 6.18. The minimum absolute atomic E-state index is 0.0440. The van der Waals surface area contributed by atoms with E-state index in [0.29, 0.717) is 31.5 Å². The topological polar surface area (TPSA) is 84.2 Å². The van der Waals surface area contributed by atoms with Gasteiger partial charge in [-0.2, -0.15) is 0 Å². The Labute approximate surface area is 119 Å². The first kappa shape index (κ1) is 16.2. The summed E-state index contributed by atoms with van der Waals surface area (Å²) >= 11 is 0. The lowest BCUT2D eigenvalue weighted by Crippen LogP contribution is -2.45. The van der Waals surface area contributed by atoms with Crippen molar-refractivity contribution in [3.63, 3.8) is 0 Å². The maximum absolute atomic E-state index is 11.7. The summed E-state index contributed by atoms with van der Waals surface area (Å²) in [5.74, 6) is -0.161. The van der Waals surface area contributed by atoms with Gasteiger partial charge in [-0.25, -0.2) is 0 Å². The lowest BCUT2D eigenvalue weighted by molar-refractivity contribution is -0.121. The minimum Gasteiger partial charge on any atom is -0.354 e. The quantitative estimate of drug-likeness (QED) is 0.651. The summed E-state index contributed by atoms with van der Waals surface area (Å²) in [5, 5.41) is 5.55. The first-order valence-electron chi connectivity index (χ1n) is 6.77. The monoisotopic (exact) mass is 277 g/mol. The second-order valence-corrected chi connectivity index (χ2v) is 5.49. The van der Waals surface area contributed by atoms with Crippen molar-refractivity contribution in [2.24, 2.45) is 5.73 Å². The number of carbonyl (C=O) groups excluding carboxylic acids is 2. The SMILES string of the molecule is CC(C)(N)CNC(=O)CCCNC(=O)c1ccccc1. The Morgan fingerprint density at radius 1 is 1.15 bits per heavy atom. The van der Waals surface area contributed by atoms with Crippen molar-refractivity contribution in [2.75, 3.05) is 13.1 Å². The van der Waals surface area contributed by atoms with Crippen LogP contribution in [0.1, 0.15) is 37.0 Å². The molecule has 1 rings (SSSR count). The molecule has 2 amide bonds. The van der Waals surface area contributed by atoms with Crippen LogP contribution in [0.15, 0.2) is 30.3 Å². The minimum atomic E-state index is -0.406. The van der Waals surface area contributed by atoms with Crippen LogP contribution in [0.4, 0.5) is 0 Å². The molecular weight excluding hydrogens is 254 g/mol. The van der Waals surface area contributed by atoms with Gasteiger partial charge in [-0.15, -0.1) is 0 Å². The van der Waals surface area contributed by atoms with Crippen LogP contribution >= 0.6 is 0 Å². The van der Waals surface area contributed by atoms with Gasteiger partial charge in [0.25, 0.3) is 5.91 Å². The van der Waals surface area contributed by atoms with Crippen molar-refractivity contribution >= 4 is 11.8 Å². The van der Waals surface area contributed by atoms with E-state index in [9.17, 15) is 9.59 Å². The molecule has 0 bridgehead atoms. The Balaban J connectivity index is 2.16. The second kappa shape index (κ2) is 7.65. The van der Waals surface area contributed by atoms with Crippen LogP contribution in [0.2, 0.25) is 0 Å². The molecule has 1 aromatic carbocycles. The van der Waals surface area contributed by atoms with Crippen molar-refractivity contribution in [2.45, 2.75) is 32.2 Å². The number of rotatable bonds is 7. The summed E-state index contributed by atoms with van der Waals surface area (Å²) in [5.41, 5.74) is 5.99. The highest BCUT2D eigenvalue weighted by Gasteiger charge is 2.12. The zero-order chi connectivity index (χ0) is 15.0. The number of benzene rings is 1. The largest absolute Gasteiger partial charge is 0.354 e. The highest BCUT2D eigenvalue weighted by molar-refractivity contribution is 5.94. The third kappa shape index (κ3) is 6.89. The van der Waals surface area contributed by atoms with Gasteiger partial charge in [0.05, 0.1) is 0 Å². The van der Waals surface area contributed by atoms with Crippen LogP contribution in [0, 0.1) is 0 Å². The van der Waals surface area contributed by atoms with Gasteiger partial charge in [-0.05, 0) is 32.4 Å². The molecule has 1 aromatic rings. The van der Waals surface area contributed by atoms with Crippen LogP contribution in [-0.2, 0) is 4.79 Å². The summed E-state index contributed by atoms with van der Waals surface area (Å²) in [4.78, 5) is 23.2. The molecule has 0 aliphatic carbocycles. The summed E-state index contributed by atoms with van der Waals surface area (Å²) < 4.78 is 0. The van der Waals surface area contributed by atoms with Gasteiger partial charge >= 0.3 is 0 Å². The summed E-state index contributed by atoms with van der Waals surface area (Å²) in [6.07, 6.45) is 0.987. The van der Waals surface area contributed by atoms with Crippen molar-refractivity contribution in [3.05, 3.63) is 35.9 Å². The average molecular weight is 277 g/mol. The highest BCUT2D eigenvalue weighted by atomic mass is 16.2. The van der Waals surface area contributed by atoms with Crippen molar-refractivity contribution in [3.8, 4) is 0 Å². The van der Waals surface area contributed by atoms with Gasteiger partial charge in [-0.1, -0.05) is 18.2 Å². The van der Waals surface area contributed by atoms with Gasteiger partial charge < -0.3 is 16.4 Å². The van der Waals surface area contributed by atoms with E-state index < -0.39 is 5.54 Å². The van der Waals surface area contributed by atoms with Gasteiger partial charge in [0.2, 0.25) is 5.91 Å². The first-order valence-corrected chi connectivity index (χ1v) is 6.77. The van der Waals surface area contributed by atoms with E-state index in [4.69, 9.17) is 5.73 Å². The molecule has 0 spiro atoms. The molecular formula is C15H23N3O2. The number of hydrogen-bond donors (Lipinski definition) is 3. The molecule has 0 aliphatic heterocycles. The standard InChI is InChI=1S/C15H23N3O2/c1-15(2,16)11-18-13(19)9-6-10-17-14(20)12-7-4-3-5-8-12/h3-5,7-8H,6,9-11,16H2,1-2H3,(H,17,20)(H,18,19). The van der Waals surface area contributed by atoms with Gasteiger partial charge in [-0.3, -0.25) is 9.59 Å². The van der Waals surface area contributed by atoms with Crippen molar-refractivity contribution in [1.29, 1.82) is 0 Å². The van der Waals surface area contributed by atoms with E-state index in [2.05, 4.69) is 10.6 Å². The van der Waals surface area contributed by atoms with Gasteiger partial charge in [0.1, 0.15) is 0 Å². The van der Waals surface area contributed by atoms with E-state index in [1.807, 2.05) is 32.0 Å². The van der Waals surface area contributed by atoms with E-state index in [1.54, 1.807) is 12.1 Å². The van der Waals surface area contributed by atoms with Crippen LogP contribution in [-0.4, -0.2) is 30.4 Å². The zero-order valence-electron chi connectivity index (χ0n) is 12.1. The molecule has 4 N–H and O–H groups in total. The second-order valence-electron chi connectivity index (χ2n) is 5.49. The third-order valence-electron chi connectivity index (χ3n) is 2.64. The molecule has 20 heavy (non-hydrogen) atoms. The Bertz CT molecular complexity index is 438. The maximum atomic E-state index is 11.7. The smallest absolute Gasteiger partial charge is 0.251 e. The molecule has 0 unspecified atom stereocenters. The lowest BCUT2D eigenvalue weighted by Gasteiger charge is -2.18. The molecule has 0 saturated heterocycles. The van der Waals surface area contributed by atoms with Gasteiger partial charge in [0.15, 0.2) is 0 Å². The van der Waals surface area contributed by atoms with E-state index in [0.717, 1.165) is 0 Å². The molecule has 5 heteroatoms. The summed E-state index contributed by atoms with van der Waals surface area (Å²) in [6, 6.07) is 9.00. The normalized spacial score (nSPS) is 10.9. The fourth-order valence-corrected chi connectivity index (χ4v) is 1.56. The predicted molar refractivity (Wildman–Crippen MR) is 79.3 cm³/mol. The summed E-state index contributed by atoms with van der Waals surface area (Å²) in [6.45, 7) is 4.64. The van der Waals surface area contributed by atoms with E-state index in [1.165, 1.54) is 0 Å². The number of amides is 2. The van der Waals surface area contributed by atoms with Crippen LogP contribution in [0.5, 0.6) is 0 Å². The van der Waals surface area contributed by atoms with Crippen LogP contribution < -0.4 is 16.4 Å². The van der Waals surface area contributed by atoms with E-state index in [-0.39, 0.29) is 11.8 Å². The molecule has 110 valence electrons. The first-order chi connectivity index (χ1) is 9.38. The highest BCUT2D eigenvalue weighted by Crippen LogP contribution is 1.98. The number of nitrogens with two attached hydrogens (primary N) is 1. The maximum Gasteiger partial charge on any atom is 0.251 e. The van der Waals surface area contributed by atoms with E-state index >= 15 is 0 Å². The molecule has 0 aromatic heterocycles.